The molecule has 0 atom stereocenters. The molecule has 4 rings (SSSR count). The maximum Gasteiger partial charge on any atom is 0.339 e. The van der Waals surface area contributed by atoms with Gasteiger partial charge in [0.1, 0.15) is 5.75 Å². The summed E-state index contributed by atoms with van der Waals surface area (Å²) < 4.78 is 10.6. The van der Waals surface area contributed by atoms with Crippen LogP contribution in [0.2, 0.25) is 0 Å². The minimum absolute atomic E-state index is 0.261. The highest BCUT2D eigenvalue weighted by Gasteiger charge is 2.28. The summed E-state index contributed by atoms with van der Waals surface area (Å²) in [5, 5.41) is 0.745. The van der Waals surface area contributed by atoms with E-state index < -0.39 is 5.97 Å². The van der Waals surface area contributed by atoms with Gasteiger partial charge in [-0.2, -0.15) is 0 Å². The van der Waals surface area contributed by atoms with E-state index >= 15 is 0 Å². The third-order valence-corrected chi connectivity index (χ3v) is 5.43. The van der Waals surface area contributed by atoms with Crippen molar-refractivity contribution in [1.29, 1.82) is 0 Å². The lowest BCUT2D eigenvalue weighted by molar-refractivity contribution is -0.131. The molecule has 31 heavy (non-hydrogen) atoms. The Hall–Kier alpha value is -3.67. The molecule has 6 heteroatoms. The summed E-state index contributed by atoms with van der Waals surface area (Å²) in [7, 11) is 4.90. The van der Waals surface area contributed by atoms with Crippen molar-refractivity contribution in [2.45, 2.75) is 12.8 Å². The van der Waals surface area contributed by atoms with Crippen molar-refractivity contribution >= 4 is 34.4 Å². The summed E-state index contributed by atoms with van der Waals surface area (Å²) in [6, 6.07) is 15.4. The number of fused-ring (bicyclic) bond motifs is 2. The van der Waals surface area contributed by atoms with Crippen molar-refractivity contribution in [1.82, 2.24) is 9.88 Å². The maximum atomic E-state index is 13.0. The largest absolute Gasteiger partial charge is 0.497 e. The second-order valence-corrected chi connectivity index (χ2v) is 7.64. The number of para-hydroxylation sites is 1. The van der Waals surface area contributed by atoms with E-state index in [2.05, 4.69) is 6.08 Å². The molecule has 0 fully saturated rings. The molecule has 0 aliphatic heterocycles. The van der Waals surface area contributed by atoms with Gasteiger partial charge in [0.25, 0.3) is 5.91 Å². The number of methoxy groups -OCH3 is 1. The van der Waals surface area contributed by atoms with Gasteiger partial charge in [-0.15, -0.1) is 0 Å². The summed E-state index contributed by atoms with van der Waals surface area (Å²) in [4.78, 5) is 31.2. The highest BCUT2D eigenvalue weighted by molar-refractivity contribution is 6.07. The first-order valence-electron chi connectivity index (χ1n) is 10.1. The van der Waals surface area contributed by atoms with E-state index in [1.165, 1.54) is 4.90 Å². The van der Waals surface area contributed by atoms with Crippen molar-refractivity contribution in [2.75, 3.05) is 27.8 Å². The number of likely N-dealkylation sites (N-methyl/N-ethyl adjacent to an activating group) is 1. The molecule has 0 N–H and O–H groups in total. The molecular formula is C25H24N2O4. The van der Waals surface area contributed by atoms with Crippen LogP contribution in [0.25, 0.3) is 22.6 Å². The van der Waals surface area contributed by atoms with E-state index in [0.29, 0.717) is 12.0 Å². The number of pyridine rings is 1. The van der Waals surface area contributed by atoms with E-state index in [-0.39, 0.29) is 12.5 Å². The molecule has 158 valence electrons. The Kier molecular flexibility index (Phi) is 5.71. The Morgan fingerprint density at radius 1 is 1.06 bits per heavy atom. The lowest BCUT2D eigenvalue weighted by Crippen LogP contribution is -2.27. The highest BCUT2D eigenvalue weighted by Crippen LogP contribution is 2.37. The SMILES string of the molecule is COc1ccc(/C=C2/CCc3c2nc2ccccc2c3C(=O)OCC(=O)N(C)C)cc1. The Bertz CT molecular complexity index is 1180. The van der Waals surface area contributed by atoms with Crippen LogP contribution >= 0.6 is 0 Å². The van der Waals surface area contributed by atoms with E-state index in [0.717, 1.165) is 45.5 Å². The fourth-order valence-electron chi connectivity index (χ4n) is 3.74. The molecule has 1 amide bonds. The normalized spacial score (nSPS) is 13.8. The molecular weight excluding hydrogens is 392 g/mol. The number of rotatable bonds is 5. The first-order chi connectivity index (χ1) is 15.0. The number of carbonyl (C=O) groups is 2. The van der Waals surface area contributed by atoms with Crippen molar-refractivity contribution in [3.05, 3.63) is 70.9 Å². The number of nitrogens with zero attached hydrogens (tertiary/aromatic N) is 2. The van der Waals surface area contributed by atoms with Gasteiger partial charge >= 0.3 is 5.97 Å². The van der Waals surface area contributed by atoms with Gasteiger partial charge in [0, 0.05) is 19.5 Å². The van der Waals surface area contributed by atoms with Crippen molar-refractivity contribution in [3.63, 3.8) is 0 Å². The van der Waals surface area contributed by atoms with Gasteiger partial charge in [-0.25, -0.2) is 9.78 Å². The molecule has 1 heterocycles. The van der Waals surface area contributed by atoms with Crippen LogP contribution in [-0.4, -0.2) is 49.6 Å². The number of benzene rings is 2. The summed E-state index contributed by atoms with van der Waals surface area (Å²) >= 11 is 0. The molecule has 3 aromatic rings. The molecule has 0 saturated heterocycles. The summed E-state index contributed by atoms with van der Waals surface area (Å²) in [5.74, 6) is 0.0505. The fourth-order valence-corrected chi connectivity index (χ4v) is 3.74. The molecule has 0 bridgehead atoms. The molecule has 0 saturated carbocycles. The van der Waals surface area contributed by atoms with Crippen molar-refractivity contribution in [3.8, 4) is 5.75 Å². The predicted molar refractivity (Wildman–Crippen MR) is 120 cm³/mol. The Morgan fingerprint density at radius 2 is 1.81 bits per heavy atom. The number of hydrogen-bond acceptors (Lipinski definition) is 5. The first-order valence-corrected chi connectivity index (χ1v) is 10.1. The standard InChI is InChI=1S/C25H24N2O4/c1-27(2)22(28)15-31-25(29)23-19-6-4-5-7-21(19)26-24-17(10-13-20(23)24)14-16-8-11-18(30-3)12-9-16/h4-9,11-12,14H,10,13,15H2,1-3H3/b17-14-. The lowest BCUT2D eigenvalue weighted by Gasteiger charge is -2.14. The third kappa shape index (κ3) is 4.14. The van der Waals surface area contributed by atoms with Crippen LogP contribution in [0.3, 0.4) is 0 Å². The average Bonchev–Trinajstić information content (AvgIpc) is 3.17. The van der Waals surface area contributed by atoms with Crippen LogP contribution in [0.1, 0.15) is 33.6 Å². The smallest absolute Gasteiger partial charge is 0.339 e. The molecule has 1 aliphatic rings. The van der Waals surface area contributed by atoms with Crippen LogP contribution in [0.4, 0.5) is 0 Å². The van der Waals surface area contributed by atoms with Gasteiger partial charge in [-0.1, -0.05) is 30.3 Å². The molecule has 0 unspecified atom stereocenters. The highest BCUT2D eigenvalue weighted by atomic mass is 16.5. The quantitative estimate of drug-likeness (QED) is 0.589. The van der Waals surface area contributed by atoms with Gasteiger partial charge in [0.2, 0.25) is 0 Å². The Balaban J connectivity index is 1.75. The second-order valence-electron chi connectivity index (χ2n) is 7.64. The van der Waals surface area contributed by atoms with Gasteiger partial charge in [-0.3, -0.25) is 4.79 Å². The van der Waals surface area contributed by atoms with Crippen LogP contribution in [0, 0.1) is 0 Å². The van der Waals surface area contributed by atoms with E-state index in [1.54, 1.807) is 21.2 Å². The third-order valence-electron chi connectivity index (χ3n) is 5.43. The van der Waals surface area contributed by atoms with Gasteiger partial charge in [0.15, 0.2) is 6.61 Å². The number of amides is 1. The average molecular weight is 416 g/mol. The number of ether oxygens (including phenoxy) is 2. The zero-order valence-corrected chi connectivity index (χ0v) is 17.8. The summed E-state index contributed by atoms with van der Waals surface area (Å²) in [5.41, 5.74) is 5.05. The summed E-state index contributed by atoms with van der Waals surface area (Å²) in [6.45, 7) is -0.286. The second kappa shape index (κ2) is 8.60. The topological polar surface area (TPSA) is 68.7 Å². The Labute approximate surface area is 181 Å². The Morgan fingerprint density at radius 3 is 2.52 bits per heavy atom. The van der Waals surface area contributed by atoms with Crippen molar-refractivity contribution in [2.24, 2.45) is 0 Å². The first kappa shape index (κ1) is 20.6. The van der Waals surface area contributed by atoms with Crippen LogP contribution in [-0.2, 0) is 16.0 Å². The minimum atomic E-state index is -0.490. The molecule has 1 aromatic heterocycles. The summed E-state index contributed by atoms with van der Waals surface area (Å²) in [6.07, 6.45) is 3.57. The number of esters is 1. The van der Waals surface area contributed by atoms with Gasteiger partial charge in [0.05, 0.1) is 23.9 Å². The zero-order valence-electron chi connectivity index (χ0n) is 17.8. The molecule has 0 spiro atoms. The van der Waals surface area contributed by atoms with E-state index in [1.807, 2.05) is 48.5 Å². The van der Waals surface area contributed by atoms with Crippen LogP contribution in [0.5, 0.6) is 5.75 Å². The fraction of sp³-hybridized carbons (Fsp3) is 0.240. The van der Waals surface area contributed by atoms with Gasteiger partial charge in [-0.05, 0) is 53.8 Å². The number of aromatic nitrogens is 1. The number of allylic oxidation sites excluding steroid dienone is 1. The maximum absolute atomic E-state index is 13.0. The molecule has 0 radical (unpaired) electrons. The van der Waals surface area contributed by atoms with E-state index in [4.69, 9.17) is 14.5 Å². The monoisotopic (exact) mass is 416 g/mol. The van der Waals surface area contributed by atoms with E-state index in [9.17, 15) is 9.59 Å². The lowest BCUT2D eigenvalue weighted by atomic mass is 10.0. The van der Waals surface area contributed by atoms with Crippen LogP contribution in [0.15, 0.2) is 48.5 Å². The molecule has 1 aliphatic carbocycles. The molecule has 6 nitrogen and oxygen atoms in total. The number of hydrogen-bond donors (Lipinski definition) is 0. The predicted octanol–water partition coefficient (Wildman–Crippen LogP) is 3.98. The van der Waals surface area contributed by atoms with Gasteiger partial charge < -0.3 is 14.4 Å². The van der Waals surface area contributed by atoms with Crippen molar-refractivity contribution < 1.29 is 19.1 Å². The molecule has 2 aromatic carbocycles. The number of carbonyl (C=O) groups excluding carboxylic acids is 2. The zero-order chi connectivity index (χ0) is 22.0. The minimum Gasteiger partial charge on any atom is -0.497 e. The van der Waals surface area contributed by atoms with Crippen LogP contribution < -0.4 is 4.74 Å².